The van der Waals surface area contributed by atoms with E-state index in [2.05, 4.69) is 0 Å². The maximum atomic E-state index is 12.4. The van der Waals surface area contributed by atoms with Crippen LogP contribution in [0.25, 0.3) is 0 Å². The molecule has 0 saturated heterocycles. The molecular formula is C16H16ClNO3. The van der Waals surface area contributed by atoms with Crippen LogP contribution >= 0.6 is 11.6 Å². The molecule has 0 aliphatic rings. The maximum Gasteiger partial charge on any atom is 0.341 e. The first kappa shape index (κ1) is 15.3. The Hall–Kier alpha value is -2.07. The van der Waals surface area contributed by atoms with Crippen molar-refractivity contribution < 1.29 is 9.90 Å². The molecule has 0 aliphatic heterocycles. The summed E-state index contributed by atoms with van der Waals surface area (Å²) in [7, 11) is 0. The fourth-order valence-electron chi connectivity index (χ4n) is 2.22. The van der Waals surface area contributed by atoms with E-state index < -0.39 is 11.5 Å². The summed E-state index contributed by atoms with van der Waals surface area (Å²) in [6.07, 6.45) is 0. The molecule has 21 heavy (non-hydrogen) atoms. The zero-order chi connectivity index (χ0) is 15.6. The predicted octanol–water partition coefficient (Wildman–Crippen LogP) is 3.37. The highest BCUT2D eigenvalue weighted by molar-refractivity contribution is 6.31. The molecule has 1 aromatic carbocycles. The summed E-state index contributed by atoms with van der Waals surface area (Å²) in [5.41, 5.74) is 0.829. The van der Waals surface area contributed by atoms with Gasteiger partial charge in [-0.05, 0) is 29.7 Å². The Kier molecular flexibility index (Phi) is 4.48. The van der Waals surface area contributed by atoms with Gasteiger partial charge in [-0.3, -0.25) is 4.79 Å². The lowest BCUT2D eigenvalue weighted by Crippen LogP contribution is -2.29. The minimum atomic E-state index is -1.22. The van der Waals surface area contributed by atoms with Crippen molar-refractivity contribution in [3.05, 3.63) is 68.6 Å². The van der Waals surface area contributed by atoms with Crippen LogP contribution in [0, 0.1) is 0 Å². The number of rotatable bonds is 4. The van der Waals surface area contributed by atoms with Crippen molar-refractivity contribution in [2.24, 2.45) is 0 Å². The van der Waals surface area contributed by atoms with Gasteiger partial charge < -0.3 is 9.67 Å². The first-order chi connectivity index (χ1) is 9.91. The van der Waals surface area contributed by atoms with E-state index >= 15 is 0 Å². The van der Waals surface area contributed by atoms with E-state index in [4.69, 9.17) is 16.7 Å². The summed E-state index contributed by atoms with van der Waals surface area (Å²) >= 11 is 6.13. The number of halogens is 1. The molecule has 0 aliphatic carbocycles. The number of pyridine rings is 1. The number of nitrogens with zero attached hydrogens (tertiary/aromatic N) is 1. The van der Waals surface area contributed by atoms with Gasteiger partial charge in [0.25, 0.3) is 5.56 Å². The van der Waals surface area contributed by atoms with Crippen LogP contribution in [0.1, 0.15) is 41.4 Å². The lowest BCUT2D eigenvalue weighted by Gasteiger charge is -2.17. The molecule has 0 bridgehead atoms. The van der Waals surface area contributed by atoms with Crippen molar-refractivity contribution >= 4 is 17.6 Å². The van der Waals surface area contributed by atoms with Gasteiger partial charge in [0.1, 0.15) is 5.56 Å². The Morgan fingerprint density at radius 2 is 1.90 bits per heavy atom. The Morgan fingerprint density at radius 1 is 1.24 bits per heavy atom. The Morgan fingerprint density at radius 3 is 2.48 bits per heavy atom. The van der Waals surface area contributed by atoms with Crippen LogP contribution in [0.4, 0.5) is 0 Å². The number of carbonyl (C=O) groups is 1. The standard InChI is InChI=1S/C16H16ClNO3/c1-10(2)14-8-7-12(16(20)21)15(19)18(14)9-11-5-3-4-6-13(11)17/h3-8,10H,9H2,1-2H3,(H,20,21). The first-order valence-corrected chi connectivity index (χ1v) is 7.00. The van der Waals surface area contributed by atoms with Gasteiger partial charge in [0.05, 0.1) is 6.54 Å². The molecule has 0 atom stereocenters. The quantitative estimate of drug-likeness (QED) is 0.942. The molecule has 2 aromatic rings. The molecule has 0 fully saturated rings. The second kappa shape index (κ2) is 6.14. The van der Waals surface area contributed by atoms with Crippen LogP contribution in [0.2, 0.25) is 5.02 Å². The van der Waals surface area contributed by atoms with E-state index in [0.29, 0.717) is 5.02 Å². The smallest absolute Gasteiger partial charge is 0.341 e. The molecule has 0 saturated carbocycles. The summed E-state index contributed by atoms with van der Waals surface area (Å²) in [6, 6.07) is 10.3. The third kappa shape index (κ3) is 3.16. The van der Waals surface area contributed by atoms with Gasteiger partial charge in [-0.2, -0.15) is 0 Å². The summed E-state index contributed by atoms with van der Waals surface area (Å²) < 4.78 is 1.48. The van der Waals surface area contributed by atoms with Crippen LogP contribution in [-0.4, -0.2) is 15.6 Å². The van der Waals surface area contributed by atoms with E-state index in [1.165, 1.54) is 10.6 Å². The average molecular weight is 306 g/mol. The molecule has 2 rings (SSSR count). The van der Waals surface area contributed by atoms with E-state index in [1.54, 1.807) is 12.1 Å². The molecule has 5 heteroatoms. The third-order valence-corrected chi connectivity index (χ3v) is 3.68. The van der Waals surface area contributed by atoms with Gasteiger partial charge in [0.2, 0.25) is 0 Å². The van der Waals surface area contributed by atoms with Gasteiger partial charge in [0.15, 0.2) is 0 Å². The molecular weight excluding hydrogens is 290 g/mol. The lowest BCUT2D eigenvalue weighted by atomic mass is 10.1. The van der Waals surface area contributed by atoms with Gasteiger partial charge in [-0.1, -0.05) is 43.6 Å². The topological polar surface area (TPSA) is 59.3 Å². The Labute approximate surface area is 127 Å². The third-order valence-electron chi connectivity index (χ3n) is 3.32. The van der Waals surface area contributed by atoms with Crippen molar-refractivity contribution in [2.45, 2.75) is 26.3 Å². The zero-order valence-electron chi connectivity index (χ0n) is 11.8. The fraction of sp³-hybridized carbons (Fsp3) is 0.250. The highest BCUT2D eigenvalue weighted by Crippen LogP contribution is 2.19. The molecule has 0 unspecified atom stereocenters. The number of benzene rings is 1. The van der Waals surface area contributed by atoms with Crippen LogP contribution < -0.4 is 5.56 Å². The van der Waals surface area contributed by atoms with Gasteiger partial charge in [0, 0.05) is 10.7 Å². The molecule has 1 heterocycles. The molecule has 0 spiro atoms. The summed E-state index contributed by atoms with van der Waals surface area (Å²) in [4.78, 5) is 23.5. The van der Waals surface area contributed by atoms with Gasteiger partial charge in [-0.25, -0.2) is 4.79 Å². The molecule has 0 amide bonds. The second-order valence-electron chi connectivity index (χ2n) is 5.11. The van der Waals surface area contributed by atoms with E-state index in [0.717, 1.165) is 11.3 Å². The highest BCUT2D eigenvalue weighted by Gasteiger charge is 2.16. The van der Waals surface area contributed by atoms with Crippen LogP contribution in [0.15, 0.2) is 41.2 Å². The minimum Gasteiger partial charge on any atom is -0.477 e. The van der Waals surface area contributed by atoms with E-state index in [-0.39, 0.29) is 18.0 Å². The first-order valence-electron chi connectivity index (χ1n) is 6.62. The number of carboxylic acids is 1. The Balaban J connectivity index is 2.60. The monoisotopic (exact) mass is 305 g/mol. The van der Waals surface area contributed by atoms with Crippen molar-refractivity contribution in [3.63, 3.8) is 0 Å². The maximum absolute atomic E-state index is 12.4. The molecule has 0 radical (unpaired) electrons. The summed E-state index contributed by atoms with van der Waals surface area (Å²) in [5.74, 6) is -1.12. The van der Waals surface area contributed by atoms with Crippen LogP contribution in [-0.2, 0) is 6.54 Å². The molecule has 1 aromatic heterocycles. The van der Waals surface area contributed by atoms with E-state index in [1.807, 2.05) is 32.0 Å². The molecule has 110 valence electrons. The second-order valence-corrected chi connectivity index (χ2v) is 5.52. The number of hydrogen-bond acceptors (Lipinski definition) is 2. The van der Waals surface area contributed by atoms with Crippen molar-refractivity contribution in [3.8, 4) is 0 Å². The number of hydrogen-bond donors (Lipinski definition) is 1. The van der Waals surface area contributed by atoms with Crippen molar-refractivity contribution in [1.82, 2.24) is 4.57 Å². The lowest BCUT2D eigenvalue weighted by molar-refractivity contribution is 0.0694. The minimum absolute atomic E-state index is 0.100. The van der Waals surface area contributed by atoms with E-state index in [9.17, 15) is 9.59 Å². The summed E-state index contributed by atoms with van der Waals surface area (Å²) in [5, 5.41) is 9.66. The highest BCUT2D eigenvalue weighted by atomic mass is 35.5. The fourth-order valence-corrected chi connectivity index (χ4v) is 2.42. The average Bonchev–Trinajstić information content (AvgIpc) is 2.42. The largest absolute Gasteiger partial charge is 0.477 e. The normalized spacial score (nSPS) is 10.9. The Bertz CT molecular complexity index is 735. The number of carboxylic acid groups (broad SMARTS) is 1. The summed E-state index contributed by atoms with van der Waals surface area (Å²) in [6.45, 7) is 4.17. The van der Waals surface area contributed by atoms with Gasteiger partial charge in [-0.15, -0.1) is 0 Å². The zero-order valence-corrected chi connectivity index (χ0v) is 12.6. The van der Waals surface area contributed by atoms with Gasteiger partial charge >= 0.3 is 5.97 Å². The number of aromatic nitrogens is 1. The predicted molar refractivity (Wildman–Crippen MR) is 82.3 cm³/mol. The van der Waals surface area contributed by atoms with Crippen molar-refractivity contribution in [1.29, 1.82) is 0 Å². The van der Waals surface area contributed by atoms with Crippen molar-refractivity contribution in [2.75, 3.05) is 0 Å². The van der Waals surface area contributed by atoms with Crippen LogP contribution in [0.5, 0.6) is 0 Å². The van der Waals surface area contributed by atoms with Crippen LogP contribution in [0.3, 0.4) is 0 Å². The number of aromatic carboxylic acids is 1. The molecule has 4 nitrogen and oxygen atoms in total. The SMILES string of the molecule is CC(C)c1ccc(C(=O)O)c(=O)n1Cc1ccccc1Cl. The molecule has 1 N–H and O–H groups in total.